The van der Waals surface area contributed by atoms with E-state index in [0.717, 1.165) is 37.9 Å². The molecule has 1 aromatic rings. The number of carbonyl (C=O) groups is 1. The second kappa shape index (κ2) is 12.3. The number of amides is 1. The summed E-state index contributed by atoms with van der Waals surface area (Å²) in [6.45, 7) is 4.59. The van der Waals surface area contributed by atoms with Gasteiger partial charge in [0.1, 0.15) is 0 Å². The molecular formula is C18H29ClN2O3. The van der Waals surface area contributed by atoms with Crippen LogP contribution in [0.25, 0.3) is 0 Å². The van der Waals surface area contributed by atoms with Gasteiger partial charge in [-0.2, -0.15) is 0 Å². The zero-order valence-corrected chi connectivity index (χ0v) is 15.2. The number of hydrogen-bond acceptors (Lipinski definition) is 4. The van der Waals surface area contributed by atoms with Crippen molar-refractivity contribution in [3.8, 4) is 0 Å². The maximum atomic E-state index is 12.2. The SMILES string of the molecule is COCCOCCCNC(=O)c1cccc(C2CCNCC2)c1.Cl. The van der Waals surface area contributed by atoms with Gasteiger partial charge in [0, 0.05) is 25.8 Å². The molecule has 0 bridgehead atoms. The van der Waals surface area contributed by atoms with Crippen LogP contribution in [0.4, 0.5) is 0 Å². The van der Waals surface area contributed by atoms with Gasteiger partial charge in [0.2, 0.25) is 0 Å². The number of halogens is 1. The molecule has 2 N–H and O–H groups in total. The molecule has 0 aromatic heterocycles. The van der Waals surface area contributed by atoms with Crippen molar-refractivity contribution in [1.82, 2.24) is 10.6 Å². The van der Waals surface area contributed by atoms with Gasteiger partial charge in [0.15, 0.2) is 0 Å². The molecule has 5 nitrogen and oxygen atoms in total. The van der Waals surface area contributed by atoms with Crippen LogP contribution in [0.2, 0.25) is 0 Å². The van der Waals surface area contributed by atoms with E-state index in [1.807, 2.05) is 18.2 Å². The zero-order chi connectivity index (χ0) is 16.3. The molecule has 1 saturated heterocycles. The van der Waals surface area contributed by atoms with E-state index in [1.165, 1.54) is 5.56 Å². The standard InChI is InChI=1S/C18H28N2O3.ClH/c1-22-12-13-23-11-3-8-20-18(21)17-5-2-4-16(14-17)15-6-9-19-10-7-15;/h2,4-5,14-15,19H,3,6-13H2,1H3,(H,20,21);1H. The fourth-order valence-corrected chi connectivity index (χ4v) is 2.81. The number of ether oxygens (including phenoxy) is 2. The fraction of sp³-hybridized carbons (Fsp3) is 0.611. The highest BCUT2D eigenvalue weighted by molar-refractivity contribution is 5.94. The molecule has 1 amide bonds. The van der Waals surface area contributed by atoms with Crippen molar-refractivity contribution in [2.75, 3.05) is 46.6 Å². The zero-order valence-electron chi connectivity index (χ0n) is 14.4. The van der Waals surface area contributed by atoms with E-state index in [-0.39, 0.29) is 18.3 Å². The van der Waals surface area contributed by atoms with Crippen LogP contribution in [0.1, 0.15) is 41.1 Å². The lowest BCUT2D eigenvalue weighted by atomic mass is 9.89. The Morgan fingerprint density at radius 1 is 1.25 bits per heavy atom. The number of carbonyl (C=O) groups excluding carboxylic acids is 1. The quantitative estimate of drug-likeness (QED) is 0.667. The van der Waals surface area contributed by atoms with Crippen LogP contribution in [0.15, 0.2) is 24.3 Å². The third-order valence-electron chi connectivity index (χ3n) is 4.14. The van der Waals surface area contributed by atoms with Crippen LogP contribution in [0.3, 0.4) is 0 Å². The Kier molecular flexibility index (Phi) is 10.7. The van der Waals surface area contributed by atoms with Crippen molar-refractivity contribution in [3.05, 3.63) is 35.4 Å². The largest absolute Gasteiger partial charge is 0.382 e. The minimum absolute atomic E-state index is 0. The number of rotatable bonds is 9. The van der Waals surface area contributed by atoms with Crippen LogP contribution >= 0.6 is 12.4 Å². The van der Waals surface area contributed by atoms with Gasteiger partial charge in [-0.3, -0.25) is 4.79 Å². The highest BCUT2D eigenvalue weighted by Gasteiger charge is 2.16. The molecule has 0 radical (unpaired) electrons. The lowest BCUT2D eigenvalue weighted by Crippen LogP contribution is -2.27. The molecule has 6 heteroatoms. The molecule has 0 saturated carbocycles. The second-order valence-corrected chi connectivity index (χ2v) is 5.86. The van der Waals surface area contributed by atoms with E-state index in [1.54, 1.807) is 7.11 Å². The summed E-state index contributed by atoms with van der Waals surface area (Å²) in [6.07, 6.45) is 3.09. The smallest absolute Gasteiger partial charge is 0.251 e. The lowest BCUT2D eigenvalue weighted by Gasteiger charge is -2.23. The van der Waals surface area contributed by atoms with E-state index in [0.29, 0.717) is 32.3 Å². The maximum Gasteiger partial charge on any atom is 0.251 e. The molecule has 2 rings (SSSR count). The molecule has 1 aliphatic heterocycles. The Morgan fingerprint density at radius 2 is 2.04 bits per heavy atom. The van der Waals surface area contributed by atoms with Gasteiger partial charge in [0.25, 0.3) is 5.91 Å². The number of nitrogens with one attached hydrogen (secondary N) is 2. The summed E-state index contributed by atoms with van der Waals surface area (Å²) in [4.78, 5) is 12.2. The summed E-state index contributed by atoms with van der Waals surface area (Å²) in [5.41, 5.74) is 2.03. The Balaban J connectivity index is 0.00000288. The third kappa shape index (κ3) is 7.18. The number of benzene rings is 1. The minimum atomic E-state index is -0.00215. The molecule has 0 unspecified atom stereocenters. The van der Waals surface area contributed by atoms with E-state index in [9.17, 15) is 4.79 Å². The van der Waals surface area contributed by atoms with Gasteiger partial charge < -0.3 is 20.1 Å². The van der Waals surface area contributed by atoms with Crippen molar-refractivity contribution >= 4 is 18.3 Å². The van der Waals surface area contributed by atoms with Crippen molar-refractivity contribution in [2.45, 2.75) is 25.2 Å². The Hall–Kier alpha value is -1.14. The van der Waals surface area contributed by atoms with Gasteiger partial charge in [-0.05, 0) is 56.0 Å². The van der Waals surface area contributed by atoms with Crippen molar-refractivity contribution < 1.29 is 14.3 Å². The molecule has 1 aliphatic rings. The highest BCUT2D eigenvalue weighted by atomic mass is 35.5. The fourth-order valence-electron chi connectivity index (χ4n) is 2.81. The second-order valence-electron chi connectivity index (χ2n) is 5.86. The molecule has 1 heterocycles. The first kappa shape index (κ1) is 20.9. The monoisotopic (exact) mass is 356 g/mol. The van der Waals surface area contributed by atoms with Gasteiger partial charge in [-0.1, -0.05) is 12.1 Å². The van der Waals surface area contributed by atoms with Gasteiger partial charge >= 0.3 is 0 Å². The molecular weight excluding hydrogens is 328 g/mol. The summed E-state index contributed by atoms with van der Waals surface area (Å²) in [6, 6.07) is 8.05. The topological polar surface area (TPSA) is 59.6 Å². The van der Waals surface area contributed by atoms with Crippen molar-refractivity contribution in [2.24, 2.45) is 0 Å². The normalized spacial score (nSPS) is 14.9. The molecule has 24 heavy (non-hydrogen) atoms. The molecule has 0 atom stereocenters. The molecule has 0 spiro atoms. The lowest BCUT2D eigenvalue weighted by molar-refractivity contribution is 0.0688. The van der Waals surface area contributed by atoms with Crippen LogP contribution in [-0.2, 0) is 9.47 Å². The maximum absolute atomic E-state index is 12.2. The van der Waals surface area contributed by atoms with Gasteiger partial charge in [0.05, 0.1) is 13.2 Å². The first-order valence-electron chi connectivity index (χ1n) is 8.47. The summed E-state index contributed by atoms with van der Waals surface area (Å²) >= 11 is 0. The summed E-state index contributed by atoms with van der Waals surface area (Å²) in [5, 5.41) is 6.33. The summed E-state index contributed by atoms with van der Waals surface area (Å²) in [5.74, 6) is 0.566. The molecule has 1 fully saturated rings. The third-order valence-corrected chi connectivity index (χ3v) is 4.14. The number of piperidine rings is 1. The van der Waals surface area contributed by atoms with Crippen molar-refractivity contribution in [1.29, 1.82) is 0 Å². The number of hydrogen-bond donors (Lipinski definition) is 2. The van der Waals surface area contributed by atoms with E-state index in [2.05, 4.69) is 16.7 Å². The average Bonchev–Trinajstić information content (AvgIpc) is 2.61. The van der Waals surface area contributed by atoms with E-state index < -0.39 is 0 Å². The highest BCUT2D eigenvalue weighted by Crippen LogP contribution is 2.25. The van der Waals surface area contributed by atoms with Crippen molar-refractivity contribution in [3.63, 3.8) is 0 Å². The first-order valence-corrected chi connectivity index (χ1v) is 8.47. The van der Waals surface area contributed by atoms with Crippen LogP contribution in [-0.4, -0.2) is 52.5 Å². The Labute approximate surface area is 150 Å². The van der Waals surface area contributed by atoms with Crippen LogP contribution in [0.5, 0.6) is 0 Å². The number of methoxy groups -OCH3 is 1. The van der Waals surface area contributed by atoms with Crippen LogP contribution in [0, 0.1) is 0 Å². The van der Waals surface area contributed by atoms with Crippen LogP contribution < -0.4 is 10.6 Å². The molecule has 136 valence electrons. The molecule has 1 aromatic carbocycles. The van der Waals surface area contributed by atoms with E-state index >= 15 is 0 Å². The van der Waals surface area contributed by atoms with Gasteiger partial charge in [-0.15, -0.1) is 12.4 Å². The van der Waals surface area contributed by atoms with E-state index in [4.69, 9.17) is 9.47 Å². The Bertz CT molecular complexity index is 479. The van der Waals surface area contributed by atoms with Gasteiger partial charge in [-0.25, -0.2) is 0 Å². The first-order chi connectivity index (χ1) is 11.3. The predicted octanol–water partition coefficient (Wildman–Crippen LogP) is 2.36. The predicted molar refractivity (Wildman–Crippen MR) is 98.2 cm³/mol. The molecule has 0 aliphatic carbocycles. The summed E-state index contributed by atoms with van der Waals surface area (Å²) < 4.78 is 10.3. The minimum Gasteiger partial charge on any atom is -0.382 e. The Morgan fingerprint density at radius 3 is 2.79 bits per heavy atom. The summed E-state index contributed by atoms with van der Waals surface area (Å²) in [7, 11) is 1.65. The average molecular weight is 357 g/mol.